The van der Waals surface area contributed by atoms with Gasteiger partial charge >= 0.3 is 0 Å². The molecule has 0 saturated heterocycles. The highest BCUT2D eigenvalue weighted by Crippen LogP contribution is 2.22. The number of benzene rings is 2. The topological polar surface area (TPSA) is 75.3 Å². The fourth-order valence-corrected chi connectivity index (χ4v) is 3.00. The van der Waals surface area contributed by atoms with E-state index in [2.05, 4.69) is 10.6 Å². The maximum Gasteiger partial charge on any atom is 0.251 e. The Kier molecular flexibility index (Phi) is 5.93. The third kappa shape index (κ3) is 5.06. The van der Waals surface area contributed by atoms with Crippen molar-refractivity contribution in [1.82, 2.24) is 5.32 Å². The van der Waals surface area contributed by atoms with Gasteiger partial charge in [0.2, 0.25) is 5.91 Å². The third-order valence-electron chi connectivity index (χ3n) is 4.96. The van der Waals surface area contributed by atoms with E-state index in [0.717, 1.165) is 29.5 Å². The van der Waals surface area contributed by atoms with Gasteiger partial charge in [-0.3, -0.25) is 14.4 Å². The van der Waals surface area contributed by atoms with Crippen LogP contribution in [0, 0.1) is 20.8 Å². The molecule has 1 saturated carbocycles. The SMILES string of the molecule is Cc1ccc(C)c(C(=O)CCC(=O)Nc2cc(C(=O)NC3CC3)ccc2C)c1. The molecular weight excluding hydrogens is 352 g/mol. The summed E-state index contributed by atoms with van der Waals surface area (Å²) >= 11 is 0. The van der Waals surface area contributed by atoms with Gasteiger partial charge in [-0.2, -0.15) is 0 Å². The van der Waals surface area contributed by atoms with Crippen LogP contribution in [0.4, 0.5) is 5.69 Å². The highest BCUT2D eigenvalue weighted by molar-refractivity contribution is 6.02. The van der Waals surface area contributed by atoms with E-state index in [1.807, 2.05) is 45.0 Å². The van der Waals surface area contributed by atoms with Gasteiger partial charge in [0.25, 0.3) is 5.91 Å². The Hall–Kier alpha value is -2.95. The molecule has 28 heavy (non-hydrogen) atoms. The van der Waals surface area contributed by atoms with Crippen LogP contribution in [0.2, 0.25) is 0 Å². The summed E-state index contributed by atoms with van der Waals surface area (Å²) in [6, 6.07) is 11.3. The molecule has 146 valence electrons. The van der Waals surface area contributed by atoms with Crippen molar-refractivity contribution in [2.45, 2.75) is 52.5 Å². The predicted octanol–water partition coefficient (Wildman–Crippen LogP) is 4.11. The number of anilines is 1. The largest absolute Gasteiger partial charge is 0.349 e. The lowest BCUT2D eigenvalue weighted by molar-refractivity contribution is -0.116. The average molecular weight is 378 g/mol. The Morgan fingerprint density at radius 2 is 1.64 bits per heavy atom. The normalized spacial score (nSPS) is 13.1. The lowest BCUT2D eigenvalue weighted by atomic mass is 9.99. The number of Topliss-reactive ketones (excluding diaryl/α,β-unsaturated/α-hetero) is 1. The number of carbonyl (C=O) groups excluding carboxylic acids is 3. The summed E-state index contributed by atoms with van der Waals surface area (Å²) in [6.07, 6.45) is 2.30. The number of amides is 2. The van der Waals surface area contributed by atoms with Crippen molar-refractivity contribution >= 4 is 23.3 Å². The number of nitrogens with one attached hydrogen (secondary N) is 2. The molecule has 0 aromatic heterocycles. The second-order valence-corrected chi connectivity index (χ2v) is 7.57. The number of carbonyl (C=O) groups is 3. The molecule has 0 bridgehead atoms. The molecule has 2 N–H and O–H groups in total. The van der Waals surface area contributed by atoms with Crippen molar-refractivity contribution < 1.29 is 14.4 Å². The number of ketones is 1. The molecule has 2 amide bonds. The van der Waals surface area contributed by atoms with E-state index in [9.17, 15) is 14.4 Å². The van der Waals surface area contributed by atoms with E-state index in [0.29, 0.717) is 16.8 Å². The van der Waals surface area contributed by atoms with Crippen molar-refractivity contribution in [3.05, 3.63) is 64.2 Å². The van der Waals surface area contributed by atoms with Crippen LogP contribution < -0.4 is 10.6 Å². The molecule has 0 aliphatic heterocycles. The van der Waals surface area contributed by atoms with Crippen molar-refractivity contribution in [3.63, 3.8) is 0 Å². The fourth-order valence-electron chi connectivity index (χ4n) is 3.00. The van der Waals surface area contributed by atoms with Crippen molar-refractivity contribution in [2.75, 3.05) is 5.32 Å². The lowest BCUT2D eigenvalue weighted by Gasteiger charge is -2.11. The van der Waals surface area contributed by atoms with Crippen LogP contribution in [0.25, 0.3) is 0 Å². The van der Waals surface area contributed by atoms with Crippen LogP contribution >= 0.6 is 0 Å². The summed E-state index contributed by atoms with van der Waals surface area (Å²) in [6.45, 7) is 5.71. The highest BCUT2D eigenvalue weighted by atomic mass is 16.2. The van der Waals surface area contributed by atoms with Gasteiger partial charge in [0.05, 0.1) is 0 Å². The lowest BCUT2D eigenvalue weighted by Crippen LogP contribution is -2.25. The van der Waals surface area contributed by atoms with E-state index < -0.39 is 0 Å². The molecule has 1 fully saturated rings. The Balaban J connectivity index is 1.60. The minimum atomic E-state index is -0.235. The van der Waals surface area contributed by atoms with Gasteiger partial charge in [-0.05, 0) is 62.9 Å². The summed E-state index contributed by atoms with van der Waals surface area (Å²) in [5, 5.41) is 5.78. The molecule has 0 spiro atoms. The second-order valence-electron chi connectivity index (χ2n) is 7.57. The monoisotopic (exact) mass is 378 g/mol. The minimum Gasteiger partial charge on any atom is -0.349 e. The first-order chi connectivity index (χ1) is 13.3. The van der Waals surface area contributed by atoms with Gasteiger partial charge in [-0.15, -0.1) is 0 Å². The fraction of sp³-hybridized carbons (Fsp3) is 0.348. The van der Waals surface area contributed by atoms with Crippen molar-refractivity contribution in [1.29, 1.82) is 0 Å². The first-order valence-corrected chi connectivity index (χ1v) is 9.65. The van der Waals surface area contributed by atoms with E-state index in [-0.39, 0.29) is 36.5 Å². The molecule has 5 nitrogen and oxygen atoms in total. The zero-order valence-electron chi connectivity index (χ0n) is 16.6. The van der Waals surface area contributed by atoms with Crippen LogP contribution in [0.5, 0.6) is 0 Å². The van der Waals surface area contributed by atoms with Crippen molar-refractivity contribution in [3.8, 4) is 0 Å². The van der Waals surface area contributed by atoms with Crippen LogP contribution in [0.15, 0.2) is 36.4 Å². The van der Waals surface area contributed by atoms with Gasteiger partial charge in [0.1, 0.15) is 0 Å². The number of rotatable bonds is 7. The number of hydrogen-bond donors (Lipinski definition) is 2. The van der Waals surface area contributed by atoms with Crippen LogP contribution in [0.3, 0.4) is 0 Å². The average Bonchev–Trinajstić information content (AvgIpc) is 3.47. The molecule has 0 atom stereocenters. The Labute approximate surface area is 165 Å². The summed E-state index contributed by atoms with van der Waals surface area (Å²) in [7, 11) is 0. The number of aryl methyl sites for hydroxylation is 3. The zero-order valence-corrected chi connectivity index (χ0v) is 16.6. The number of hydrogen-bond acceptors (Lipinski definition) is 3. The van der Waals surface area contributed by atoms with Crippen molar-refractivity contribution in [2.24, 2.45) is 0 Å². The Morgan fingerprint density at radius 1 is 0.929 bits per heavy atom. The summed E-state index contributed by atoms with van der Waals surface area (Å²) in [4.78, 5) is 37.0. The summed E-state index contributed by atoms with van der Waals surface area (Å²) in [5.41, 5.74) is 4.61. The molecule has 1 aliphatic rings. The third-order valence-corrected chi connectivity index (χ3v) is 4.96. The molecule has 1 aliphatic carbocycles. The first-order valence-electron chi connectivity index (χ1n) is 9.65. The molecule has 2 aromatic rings. The maximum atomic E-state index is 12.5. The van der Waals surface area contributed by atoms with Gasteiger partial charge in [0, 0.05) is 35.7 Å². The van der Waals surface area contributed by atoms with Crippen LogP contribution in [-0.2, 0) is 4.79 Å². The maximum absolute atomic E-state index is 12.5. The van der Waals surface area contributed by atoms with Gasteiger partial charge < -0.3 is 10.6 Å². The smallest absolute Gasteiger partial charge is 0.251 e. The Bertz CT molecular complexity index is 929. The summed E-state index contributed by atoms with van der Waals surface area (Å²) in [5.74, 6) is -0.393. The summed E-state index contributed by atoms with van der Waals surface area (Å²) < 4.78 is 0. The predicted molar refractivity (Wildman–Crippen MR) is 110 cm³/mol. The van der Waals surface area contributed by atoms with E-state index in [4.69, 9.17) is 0 Å². The van der Waals surface area contributed by atoms with Crippen LogP contribution in [0.1, 0.15) is 63.1 Å². The van der Waals surface area contributed by atoms with Gasteiger partial charge in [-0.25, -0.2) is 0 Å². The van der Waals surface area contributed by atoms with Crippen LogP contribution in [-0.4, -0.2) is 23.6 Å². The van der Waals surface area contributed by atoms with E-state index >= 15 is 0 Å². The molecule has 0 radical (unpaired) electrons. The molecule has 0 heterocycles. The molecule has 0 unspecified atom stereocenters. The zero-order chi connectivity index (χ0) is 20.3. The van der Waals surface area contributed by atoms with Gasteiger partial charge in [-0.1, -0.05) is 23.8 Å². The second kappa shape index (κ2) is 8.38. The molecular formula is C23H26N2O3. The van der Waals surface area contributed by atoms with Gasteiger partial charge in [0.15, 0.2) is 5.78 Å². The highest BCUT2D eigenvalue weighted by Gasteiger charge is 2.24. The Morgan fingerprint density at radius 3 is 2.36 bits per heavy atom. The quantitative estimate of drug-likeness (QED) is 0.712. The first kappa shape index (κ1) is 19.8. The van der Waals surface area contributed by atoms with E-state index in [1.165, 1.54) is 0 Å². The molecule has 5 heteroatoms. The van der Waals surface area contributed by atoms with E-state index in [1.54, 1.807) is 12.1 Å². The molecule has 3 rings (SSSR count). The molecule has 2 aromatic carbocycles. The standard InChI is InChI=1S/C23H26N2O3/c1-14-4-5-15(2)19(12-14)21(26)10-11-22(27)25-20-13-17(7-6-16(20)3)23(28)24-18-8-9-18/h4-7,12-13,18H,8-11H2,1-3H3,(H,24,28)(H,25,27). The minimum absolute atomic E-state index is 0.0365.